The van der Waals surface area contributed by atoms with Crippen molar-refractivity contribution in [1.29, 1.82) is 0 Å². The van der Waals surface area contributed by atoms with Crippen molar-refractivity contribution in [2.24, 2.45) is 11.8 Å². The number of amides is 1. The molecule has 0 aromatic heterocycles. The fourth-order valence-corrected chi connectivity index (χ4v) is 3.99. The van der Waals surface area contributed by atoms with Crippen LogP contribution in [0.4, 0.5) is 5.69 Å². The highest BCUT2D eigenvalue weighted by Crippen LogP contribution is 2.32. The van der Waals surface area contributed by atoms with Crippen molar-refractivity contribution in [3.05, 3.63) is 66.7 Å². The van der Waals surface area contributed by atoms with E-state index in [1.54, 1.807) is 24.3 Å². The number of fused-ring (bicyclic) bond motifs is 1. The summed E-state index contributed by atoms with van der Waals surface area (Å²) < 4.78 is 6.03. The average Bonchev–Trinajstić information content (AvgIpc) is 2.75. The molecule has 0 spiro atoms. The molecule has 1 aliphatic rings. The summed E-state index contributed by atoms with van der Waals surface area (Å²) in [6, 6.07) is 21.1. The van der Waals surface area contributed by atoms with Crippen molar-refractivity contribution in [2.45, 2.75) is 25.7 Å². The lowest BCUT2D eigenvalue weighted by atomic mass is 9.78. The van der Waals surface area contributed by atoms with Gasteiger partial charge in [0.25, 0.3) is 0 Å². The largest absolute Gasteiger partial charge is 0.481 e. The van der Waals surface area contributed by atoms with E-state index in [0.717, 1.165) is 29.4 Å². The number of hydrogen-bond donors (Lipinski definition) is 2. The summed E-state index contributed by atoms with van der Waals surface area (Å²) >= 11 is 0. The van der Waals surface area contributed by atoms with Gasteiger partial charge in [-0.1, -0.05) is 49.2 Å². The van der Waals surface area contributed by atoms with Crippen LogP contribution in [-0.4, -0.2) is 17.0 Å². The van der Waals surface area contributed by atoms with Crippen molar-refractivity contribution in [2.75, 3.05) is 5.32 Å². The normalized spacial score (nSPS) is 18.9. The van der Waals surface area contributed by atoms with Crippen LogP contribution < -0.4 is 10.1 Å². The van der Waals surface area contributed by atoms with Crippen LogP contribution in [0.1, 0.15) is 25.7 Å². The molecular formula is C24H23NO4. The Balaban J connectivity index is 1.45. The SMILES string of the molecule is O=C(O)[C@H]1CCCC[C@@H]1C(=O)Nc1ccc(Oc2cccc3ccccc23)cc1. The van der Waals surface area contributed by atoms with Gasteiger partial charge in [-0.15, -0.1) is 0 Å². The van der Waals surface area contributed by atoms with E-state index in [1.165, 1.54) is 0 Å². The number of rotatable bonds is 5. The van der Waals surface area contributed by atoms with Gasteiger partial charge >= 0.3 is 5.97 Å². The van der Waals surface area contributed by atoms with Gasteiger partial charge in [0, 0.05) is 11.1 Å². The predicted molar refractivity (Wildman–Crippen MR) is 112 cm³/mol. The highest BCUT2D eigenvalue weighted by Gasteiger charge is 2.35. The molecule has 1 fully saturated rings. The number of hydrogen-bond acceptors (Lipinski definition) is 3. The zero-order valence-corrected chi connectivity index (χ0v) is 16.0. The minimum Gasteiger partial charge on any atom is -0.481 e. The monoisotopic (exact) mass is 389 g/mol. The summed E-state index contributed by atoms with van der Waals surface area (Å²) in [5, 5.41) is 14.4. The summed E-state index contributed by atoms with van der Waals surface area (Å²) in [7, 11) is 0. The van der Waals surface area contributed by atoms with Gasteiger partial charge in [0.1, 0.15) is 11.5 Å². The van der Waals surface area contributed by atoms with Crippen molar-refractivity contribution < 1.29 is 19.4 Å². The van der Waals surface area contributed by atoms with E-state index in [0.29, 0.717) is 24.3 Å². The van der Waals surface area contributed by atoms with Gasteiger partial charge in [0.2, 0.25) is 5.91 Å². The zero-order valence-electron chi connectivity index (χ0n) is 16.0. The average molecular weight is 389 g/mol. The molecule has 5 nitrogen and oxygen atoms in total. The number of carboxylic acids is 1. The van der Waals surface area contributed by atoms with Crippen LogP contribution in [-0.2, 0) is 9.59 Å². The zero-order chi connectivity index (χ0) is 20.2. The molecule has 0 unspecified atom stereocenters. The molecule has 1 aliphatic carbocycles. The topological polar surface area (TPSA) is 75.6 Å². The molecule has 29 heavy (non-hydrogen) atoms. The molecule has 0 saturated heterocycles. The number of ether oxygens (including phenoxy) is 1. The van der Waals surface area contributed by atoms with E-state index < -0.39 is 17.8 Å². The van der Waals surface area contributed by atoms with Crippen LogP contribution in [0.3, 0.4) is 0 Å². The molecule has 0 bridgehead atoms. The van der Waals surface area contributed by atoms with Crippen molar-refractivity contribution in [3.63, 3.8) is 0 Å². The van der Waals surface area contributed by atoms with Crippen LogP contribution in [0.2, 0.25) is 0 Å². The molecule has 2 N–H and O–H groups in total. The number of carbonyl (C=O) groups is 2. The number of carboxylic acid groups (broad SMARTS) is 1. The quantitative estimate of drug-likeness (QED) is 0.607. The Morgan fingerprint density at radius 1 is 0.862 bits per heavy atom. The van der Waals surface area contributed by atoms with Crippen LogP contribution in [0.15, 0.2) is 66.7 Å². The second kappa shape index (κ2) is 8.35. The third-order valence-electron chi connectivity index (χ3n) is 5.52. The molecule has 3 aromatic rings. The van der Waals surface area contributed by atoms with Crippen LogP contribution in [0, 0.1) is 11.8 Å². The Bertz CT molecular complexity index is 1020. The van der Waals surface area contributed by atoms with Crippen LogP contribution in [0.5, 0.6) is 11.5 Å². The van der Waals surface area contributed by atoms with Gasteiger partial charge < -0.3 is 15.2 Å². The van der Waals surface area contributed by atoms with Gasteiger partial charge in [-0.25, -0.2) is 0 Å². The number of aliphatic carboxylic acids is 1. The van der Waals surface area contributed by atoms with Gasteiger partial charge in [-0.05, 0) is 48.6 Å². The maximum Gasteiger partial charge on any atom is 0.307 e. The Kier molecular flexibility index (Phi) is 5.47. The van der Waals surface area contributed by atoms with Crippen molar-refractivity contribution in [3.8, 4) is 11.5 Å². The first-order valence-electron chi connectivity index (χ1n) is 9.91. The maximum absolute atomic E-state index is 12.6. The summed E-state index contributed by atoms with van der Waals surface area (Å²) in [5.74, 6) is -0.749. The Labute approximate surface area is 169 Å². The highest BCUT2D eigenvalue weighted by molar-refractivity contribution is 5.95. The summed E-state index contributed by atoms with van der Waals surface area (Å²) in [6.45, 7) is 0. The minimum atomic E-state index is -0.885. The van der Waals surface area contributed by atoms with E-state index in [4.69, 9.17) is 4.74 Å². The van der Waals surface area contributed by atoms with E-state index in [9.17, 15) is 14.7 Å². The second-order valence-electron chi connectivity index (χ2n) is 7.43. The third-order valence-corrected chi connectivity index (χ3v) is 5.52. The van der Waals surface area contributed by atoms with E-state index in [-0.39, 0.29) is 5.91 Å². The third kappa shape index (κ3) is 4.24. The smallest absolute Gasteiger partial charge is 0.307 e. The Morgan fingerprint density at radius 2 is 1.55 bits per heavy atom. The molecule has 5 heteroatoms. The van der Waals surface area contributed by atoms with Crippen LogP contribution >= 0.6 is 0 Å². The lowest BCUT2D eigenvalue weighted by Crippen LogP contribution is -2.36. The molecular weight excluding hydrogens is 366 g/mol. The number of benzene rings is 3. The number of carbonyl (C=O) groups excluding carboxylic acids is 1. The first-order chi connectivity index (χ1) is 14.1. The predicted octanol–water partition coefficient (Wildman–Crippen LogP) is 5.46. The van der Waals surface area contributed by atoms with Crippen LogP contribution in [0.25, 0.3) is 10.8 Å². The number of nitrogens with one attached hydrogen (secondary N) is 1. The highest BCUT2D eigenvalue weighted by atomic mass is 16.5. The fourth-order valence-electron chi connectivity index (χ4n) is 3.99. The van der Waals surface area contributed by atoms with Gasteiger partial charge in [-0.2, -0.15) is 0 Å². The molecule has 3 aromatic carbocycles. The van der Waals surface area contributed by atoms with Gasteiger partial charge in [0.15, 0.2) is 0 Å². The van der Waals surface area contributed by atoms with Crippen molar-refractivity contribution in [1.82, 2.24) is 0 Å². The first-order valence-corrected chi connectivity index (χ1v) is 9.91. The molecule has 0 radical (unpaired) electrons. The molecule has 1 amide bonds. The summed E-state index contributed by atoms with van der Waals surface area (Å²) in [6.07, 6.45) is 2.93. The number of anilines is 1. The molecule has 0 heterocycles. The lowest BCUT2D eigenvalue weighted by molar-refractivity contribution is -0.147. The van der Waals surface area contributed by atoms with Crippen molar-refractivity contribution >= 4 is 28.3 Å². The standard InChI is InChI=1S/C24H23NO4/c26-23(20-9-3-4-10-21(20)24(27)28)25-17-12-14-18(15-13-17)29-22-11-5-7-16-6-1-2-8-19(16)22/h1-2,5-8,11-15,20-21H,3-4,9-10H2,(H,25,26)(H,27,28)/t20-,21-/m0/s1. The van der Waals surface area contributed by atoms with Gasteiger partial charge in [-0.3, -0.25) is 9.59 Å². The molecule has 2 atom stereocenters. The summed E-state index contributed by atoms with van der Waals surface area (Å²) in [4.78, 5) is 24.0. The molecule has 148 valence electrons. The molecule has 4 rings (SSSR count). The minimum absolute atomic E-state index is 0.222. The van der Waals surface area contributed by atoms with Gasteiger partial charge in [0.05, 0.1) is 11.8 Å². The lowest BCUT2D eigenvalue weighted by Gasteiger charge is -2.27. The second-order valence-corrected chi connectivity index (χ2v) is 7.43. The van der Waals surface area contributed by atoms with E-state index in [2.05, 4.69) is 5.32 Å². The molecule has 0 aliphatic heterocycles. The maximum atomic E-state index is 12.6. The van der Waals surface area contributed by atoms with E-state index >= 15 is 0 Å². The first kappa shape index (κ1) is 19.0. The fraction of sp³-hybridized carbons (Fsp3) is 0.250. The Hall–Kier alpha value is -3.34. The van der Waals surface area contributed by atoms with E-state index in [1.807, 2.05) is 42.5 Å². The Morgan fingerprint density at radius 3 is 2.31 bits per heavy atom. The summed E-state index contributed by atoms with van der Waals surface area (Å²) in [5.41, 5.74) is 0.634. The molecule has 1 saturated carbocycles.